The van der Waals surface area contributed by atoms with Crippen LogP contribution in [0.3, 0.4) is 0 Å². The highest BCUT2D eigenvalue weighted by Crippen LogP contribution is 2.31. The van der Waals surface area contributed by atoms with Gasteiger partial charge in [-0.25, -0.2) is 9.69 Å². The van der Waals surface area contributed by atoms with Crippen LogP contribution in [0.1, 0.15) is 36.6 Å². The number of ether oxygens (including phenoxy) is 1. The summed E-state index contributed by atoms with van der Waals surface area (Å²) >= 11 is 3.33. The highest BCUT2D eigenvalue weighted by molar-refractivity contribution is 9.10. The van der Waals surface area contributed by atoms with Gasteiger partial charge in [0.15, 0.2) is 0 Å². The Morgan fingerprint density at radius 3 is 2.39 bits per heavy atom. The number of nitrogens with zero attached hydrogens (tertiary/aromatic N) is 2. The number of imide groups is 1. The summed E-state index contributed by atoms with van der Waals surface area (Å²) in [6.07, 6.45) is 0. The molecule has 0 saturated heterocycles. The smallest absolute Gasteiger partial charge is 0.338 e. The summed E-state index contributed by atoms with van der Waals surface area (Å²) in [5, 5.41) is 11.0. The lowest BCUT2D eigenvalue weighted by molar-refractivity contribution is -0.384. The van der Waals surface area contributed by atoms with Crippen LogP contribution in [0.15, 0.2) is 71.2 Å². The summed E-state index contributed by atoms with van der Waals surface area (Å²) < 4.78 is 6.19. The van der Waals surface area contributed by atoms with Crippen molar-refractivity contribution >= 4 is 45.1 Å². The van der Waals surface area contributed by atoms with Gasteiger partial charge in [-0.3, -0.25) is 19.7 Å². The molecule has 1 aliphatic heterocycles. The molecule has 0 aliphatic carbocycles. The number of non-ortho nitro benzene ring substituents is 1. The monoisotopic (exact) mass is 480 g/mol. The first-order chi connectivity index (χ1) is 14.8. The van der Waals surface area contributed by atoms with Crippen LogP contribution in [0.5, 0.6) is 0 Å². The molecule has 8 nitrogen and oxygen atoms in total. The van der Waals surface area contributed by atoms with E-state index < -0.39 is 22.7 Å². The van der Waals surface area contributed by atoms with Gasteiger partial charge >= 0.3 is 5.97 Å². The molecule has 1 heterocycles. The van der Waals surface area contributed by atoms with E-state index in [2.05, 4.69) is 15.9 Å². The standard InChI is InChI=1S/C22H13BrN2O6/c23-15-7-4-13(5-8-15)12-31-22(28)14-6-9-18-19(10-14)21(27)24(20(18)26)16-2-1-3-17(11-16)25(29)30/h1-11H,12H2. The van der Waals surface area contributed by atoms with Crippen molar-refractivity contribution in [2.45, 2.75) is 6.61 Å². The lowest BCUT2D eigenvalue weighted by Crippen LogP contribution is -2.29. The number of hydrogen-bond donors (Lipinski definition) is 0. The molecule has 1 aliphatic rings. The minimum absolute atomic E-state index is 0.0367. The second-order valence-corrected chi connectivity index (χ2v) is 7.60. The van der Waals surface area contributed by atoms with E-state index >= 15 is 0 Å². The van der Waals surface area contributed by atoms with Crippen molar-refractivity contribution in [3.05, 3.63) is 104 Å². The fraction of sp³-hybridized carbons (Fsp3) is 0.0455. The highest BCUT2D eigenvalue weighted by Gasteiger charge is 2.37. The molecule has 0 N–H and O–H groups in total. The maximum absolute atomic E-state index is 12.9. The quantitative estimate of drug-likeness (QED) is 0.230. The van der Waals surface area contributed by atoms with Crippen LogP contribution < -0.4 is 4.90 Å². The van der Waals surface area contributed by atoms with E-state index in [0.29, 0.717) is 0 Å². The van der Waals surface area contributed by atoms with Gasteiger partial charge < -0.3 is 4.74 Å². The number of anilines is 1. The van der Waals surface area contributed by atoms with Crippen LogP contribution in [-0.2, 0) is 11.3 Å². The number of nitro benzene ring substituents is 1. The summed E-state index contributed by atoms with van der Waals surface area (Å²) in [6.45, 7) is 0.0515. The zero-order chi connectivity index (χ0) is 22.1. The zero-order valence-electron chi connectivity index (χ0n) is 15.8. The highest BCUT2D eigenvalue weighted by atomic mass is 79.9. The van der Waals surface area contributed by atoms with E-state index in [4.69, 9.17) is 4.74 Å². The van der Waals surface area contributed by atoms with E-state index in [1.807, 2.05) is 12.1 Å². The molecule has 0 atom stereocenters. The molecule has 154 valence electrons. The predicted octanol–water partition coefficient (Wildman–Crippen LogP) is 4.51. The summed E-state index contributed by atoms with van der Waals surface area (Å²) in [7, 11) is 0. The lowest BCUT2D eigenvalue weighted by Gasteiger charge is -2.13. The van der Waals surface area contributed by atoms with Crippen molar-refractivity contribution in [2.24, 2.45) is 0 Å². The number of nitro groups is 1. The van der Waals surface area contributed by atoms with Crippen LogP contribution >= 0.6 is 15.9 Å². The van der Waals surface area contributed by atoms with Crippen LogP contribution in [0.25, 0.3) is 0 Å². The summed E-state index contributed by atoms with van der Waals surface area (Å²) in [5.41, 5.74) is 0.903. The molecular formula is C22H13BrN2O6. The number of esters is 1. The average Bonchev–Trinajstić information content (AvgIpc) is 3.02. The largest absolute Gasteiger partial charge is 0.457 e. The molecule has 0 bridgehead atoms. The molecule has 4 rings (SSSR count). The summed E-state index contributed by atoms with van der Waals surface area (Å²) in [6, 6.07) is 16.6. The van der Waals surface area contributed by atoms with Gasteiger partial charge in [0, 0.05) is 16.6 Å². The van der Waals surface area contributed by atoms with E-state index in [9.17, 15) is 24.5 Å². The van der Waals surface area contributed by atoms with Gasteiger partial charge in [0.05, 0.1) is 27.3 Å². The maximum Gasteiger partial charge on any atom is 0.338 e. The minimum Gasteiger partial charge on any atom is -0.457 e. The Morgan fingerprint density at radius 1 is 0.968 bits per heavy atom. The Hall–Kier alpha value is -3.85. The van der Waals surface area contributed by atoms with Crippen LogP contribution in [-0.4, -0.2) is 22.7 Å². The first kappa shape index (κ1) is 20.4. The second-order valence-electron chi connectivity index (χ2n) is 6.69. The van der Waals surface area contributed by atoms with Gasteiger partial charge in [-0.05, 0) is 42.0 Å². The lowest BCUT2D eigenvalue weighted by atomic mass is 10.1. The molecule has 0 spiro atoms. The van der Waals surface area contributed by atoms with E-state index in [-0.39, 0.29) is 34.7 Å². The van der Waals surface area contributed by atoms with E-state index in [0.717, 1.165) is 21.0 Å². The second kappa shape index (κ2) is 8.11. The molecule has 2 amide bonds. The molecule has 0 aromatic heterocycles. The molecular weight excluding hydrogens is 468 g/mol. The van der Waals surface area contributed by atoms with Gasteiger partial charge in [-0.2, -0.15) is 0 Å². The number of halogens is 1. The topological polar surface area (TPSA) is 107 Å². The Kier molecular flexibility index (Phi) is 5.35. The van der Waals surface area contributed by atoms with Gasteiger partial charge in [0.2, 0.25) is 0 Å². The average molecular weight is 481 g/mol. The number of fused-ring (bicyclic) bond motifs is 1. The number of carbonyl (C=O) groups excluding carboxylic acids is 3. The third-order valence-corrected chi connectivity index (χ3v) is 5.23. The Labute approximate surface area is 184 Å². The SMILES string of the molecule is O=C(OCc1ccc(Br)cc1)c1ccc2c(c1)C(=O)N(c1cccc([N+](=O)[O-])c1)C2=O. The van der Waals surface area contributed by atoms with Crippen molar-refractivity contribution in [1.82, 2.24) is 0 Å². The molecule has 0 fully saturated rings. The third kappa shape index (κ3) is 3.95. The van der Waals surface area contributed by atoms with Crippen molar-refractivity contribution in [3.63, 3.8) is 0 Å². The van der Waals surface area contributed by atoms with Gasteiger partial charge in [-0.1, -0.05) is 34.1 Å². The number of carbonyl (C=O) groups is 3. The molecule has 31 heavy (non-hydrogen) atoms. The maximum atomic E-state index is 12.9. The van der Waals surface area contributed by atoms with Crippen molar-refractivity contribution < 1.29 is 24.0 Å². The Balaban J connectivity index is 1.56. The first-order valence-corrected chi connectivity index (χ1v) is 9.83. The summed E-state index contributed by atoms with van der Waals surface area (Å²) in [4.78, 5) is 49.3. The minimum atomic E-state index is -0.664. The normalized spacial score (nSPS) is 12.6. The fourth-order valence-electron chi connectivity index (χ4n) is 3.16. The third-order valence-electron chi connectivity index (χ3n) is 4.70. The molecule has 0 radical (unpaired) electrons. The zero-order valence-corrected chi connectivity index (χ0v) is 17.4. The predicted molar refractivity (Wildman–Crippen MR) is 114 cm³/mol. The van der Waals surface area contributed by atoms with Gasteiger partial charge in [0.25, 0.3) is 17.5 Å². The molecule has 3 aromatic rings. The van der Waals surface area contributed by atoms with Gasteiger partial charge in [0.1, 0.15) is 6.61 Å². The summed E-state index contributed by atoms with van der Waals surface area (Å²) in [5.74, 6) is -1.92. The van der Waals surface area contributed by atoms with Crippen LogP contribution in [0.4, 0.5) is 11.4 Å². The molecule has 9 heteroatoms. The Bertz CT molecular complexity index is 1240. The van der Waals surface area contributed by atoms with E-state index in [1.54, 1.807) is 12.1 Å². The Morgan fingerprint density at radius 2 is 1.68 bits per heavy atom. The number of hydrogen-bond acceptors (Lipinski definition) is 6. The van der Waals surface area contributed by atoms with Crippen LogP contribution in [0.2, 0.25) is 0 Å². The van der Waals surface area contributed by atoms with Crippen molar-refractivity contribution in [3.8, 4) is 0 Å². The first-order valence-electron chi connectivity index (χ1n) is 9.04. The van der Waals surface area contributed by atoms with Crippen LogP contribution in [0, 0.1) is 10.1 Å². The number of benzene rings is 3. The van der Waals surface area contributed by atoms with Gasteiger partial charge in [-0.15, -0.1) is 0 Å². The molecule has 3 aromatic carbocycles. The number of amides is 2. The van der Waals surface area contributed by atoms with Crippen molar-refractivity contribution in [1.29, 1.82) is 0 Å². The van der Waals surface area contributed by atoms with Crippen molar-refractivity contribution in [2.75, 3.05) is 4.90 Å². The molecule has 0 unspecified atom stereocenters. The number of rotatable bonds is 5. The van der Waals surface area contributed by atoms with E-state index in [1.165, 1.54) is 36.4 Å². The fourth-order valence-corrected chi connectivity index (χ4v) is 3.43. The molecule has 0 saturated carbocycles.